The Morgan fingerprint density at radius 1 is 1.36 bits per heavy atom. The molecule has 1 aromatic rings. The van der Waals surface area contributed by atoms with E-state index in [0.717, 1.165) is 18.4 Å². The monoisotopic (exact) mass is 298 g/mol. The molecule has 22 heavy (non-hydrogen) atoms. The molecular weight excluding hydrogens is 282 g/mol. The molecule has 2 aliphatic rings. The van der Waals surface area contributed by atoms with Crippen molar-refractivity contribution in [2.45, 2.75) is 19.4 Å². The van der Waals surface area contributed by atoms with E-state index in [4.69, 9.17) is 5.26 Å². The molecule has 0 saturated carbocycles. The average Bonchev–Trinajstić information content (AvgIpc) is 2.83. The van der Waals surface area contributed by atoms with E-state index >= 15 is 0 Å². The summed E-state index contributed by atoms with van der Waals surface area (Å²) >= 11 is 0. The van der Waals surface area contributed by atoms with Crippen LogP contribution in [0.2, 0.25) is 0 Å². The average molecular weight is 298 g/mol. The summed E-state index contributed by atoms with van der Waals surface area (Å²) in [6.07, 6.45) is 0.377. The maximum absolute atomic E-state index is 12.4. The highest BCUT2D eigenvalue weighted by Gasteiger charge is 2.30. The highest BCUT2D eigenvalue weighted by atomic mass is 16.4. The maximum Gasteiger partial charge on any atom is 0.254 e. The molecule has 6 nitrogen and oxygen atoms in total. The summed E-state index contributed by atoms with van der Waals surface area (Å²) in [5.41, 5.74) is 2.14. The number of nitrogens with zero attached hydrogens (tertiary/aromatic N) is 3. The second-order valence-corrected chi connectivity index (χ2v) is 5.87. The van der Waals surface area contributed by atoms with Gasteiger partial charge in [0.1, 0.15) is 6.09 Å². The Bertz CT molecular complexity index is 657. The molecule has 114 valence electrons. The Morgan fingerprint density at radius 3 is 2.73 bits per heavy atom. The van der Waals surface area contributed by atoms with E-state index in [9.17, 15) is 14.7 Å². The van der Waals surface area contributed by atoms with E-state index in [1.165, 1.54) is 4.90 Å². The minimum Gasteiger partial charge on any atom is -0.530 e. The Labute approximate surface area is 128 Å². The van der Waals surface area contributed by atoms with Crippen LogP contribution in [0.3, 0.4) is 0 Å². The normalized spacial score (nSPS) is 18.2. The van der Waals surface area contributed by atoms with Gasteiger partial charge in [0.05, 0.1) is 11.6 Å². The van der Waals surface area contributed by atoms with Crippen molar-refractivity contribution in [3.8, 4) is 6.07 Å². The number of hydrogen-bond donors (Lipinski definition) is 0. The first-order valence-electron chi connectivity index (χ1n) is 7.36. The molecule has 0 spiro atoms. The first-order valence-corrected chi connectivity index (χ1v) is 7.36. The summed E-state index contributed by atoms with van der Waals surface area (Å²) in [7, 11) is 0. The van der Waals surface area contributed by atoms with E-state index in [1.807, 2.05) is 0 Å². The third-order valence-corrected chi connectivity index (χ3v) is 4.46. The van der Waals surface area contributed by atoms with Crippen LogP contribution in [0.15, 0.2) is 18.2 Å². The van der Waals surface area contributed by atoms with Crippen molar-refractivity contribution < 1.29 is 14.7 Å². The molecular formula is C16H16N3O3-. The second-order valence-electron chi connectivity index (χ2n) is 5.87. The predicted molar refractivity (Wildman–Crippen MR) is 75.6 cm³/mol. The lowest BCUT2D eigenvalue weighted by molar-refractivity contribution is -0.266. The van der Waals surface area contributed by atoms with Crippen LogP contribution in [0, 0.1) is 17.2 Å². The first-order chi connectivity index (χ1) is 10.6. The number of carbonyl (C=O) groups excluding carboxylic acids is 2. The van der Waals surface area contributed by atoms with Crippen LogP contribution in [0.25, 0.3) is 0 Å². The molecule has 2 heterocycles. The number of benzene rings is 1. The van der Waals surface area contributed by atoms with Gasteiger partial charge in [0.25, 0.3) is 5.91 Å². The Hall–Kier alpha value is -2.55. The van der Waals surface area contributed by atoms with E-state index in [2.05, 4.69) is 6.07 Å². The van der Waals surface area contributed by atoms with Gasteiger partial charge in [-0.3, -0.25) is 4.79 Å². The SMILES string of the molecule is N#Cc1ccc2c(c1)CN(CC1CCN(C(=O)[O-])CC1)C2=O. The van der Waals surface area contributed by atoms with Gasteiger partial charge in [-0.05, 0) is 42.5 Å². The molecule has 3 rings (SSSR count). The molecule has 2 amide bonds. The zero-order chi connectivity index (χ0) is 15.7. The number of likely N-dealkylation sites (tertiary alicyclic amines) is 1. The van der Waals surface area contributed by atoms with Crippen molar-refractivity contribution in [3.05, 3.63) is 34.9 Å². The van der Waals surface area contributed by atoms with Gasteiger partial charge in [-0.1, -0.05) is 0 Å². The number of rotatable bonds is 2. The van der Waals surface area contributed by atoms with E-state index in [-0.39, 0.29) is 5.91 Å². The summed E-state index contributed by atoms with van der Waals surface area (Å²) in [5, 5.41) is 19.7. The summed E-state index contributed by atoms with van der Waals surface area (Å²) in [6.45, 7) is 2.11. The minimum atomic E-state index is -1.12. The molecule has 2 aliphatic heterocycles. The van der Waals surface area contributed by atoms with E-state index in [0.29, 0.717) is 43.2 Å². The summed E-state index contributed by atoms with van der Waals surface area (Å²) in [4.78, 5) is 26.3. The van der Waals surface area contributed by atoms with Crippen LogP contribution < -0.4 is 5.11 Å². The van der Waals surface area contributed by atoms with Gasteiger partial charge in [0, 0.05) is 31.7 Å². The third kappa shape index (κ3) is 2.62. The number of carboxylic acid groups (broad SMARTS) is 1. The Morgan fingerprint density at radius 2 is 2.09 bits per heavy atom. The van der Waals surface area contributed by atoms with Crippen LogP contribution in [-0.4, -0.2) is 41.4 Å². The highest BCUT2D eigenvalue weighted by Crippen LogP contribution is 2.27. The Kier molecular flexibility index (Phi) is 3.72. The lowest BCUT2D eigenvalue weighted by Crippen LogP contribution is -2.47. The summed E-state index contributed by atoms with van der Waals surface area (Å²) in [6, 6.07) is 7.24. The fourth-order valence-electron chi connectivity index (χ4n) is 3.21. The number of nitriles is 1. The van der Waals surface area contributed by atoms with Crippen molar-refractivity contribution in [2.75, 3.05) is 19.6 Å². The molecule has 0 atom stereocenters. The van der Waals surface area contributed by atoms with Gasteiger partial charge in [-0.15, -0.1) is 0 Å². The van der Waals surface area contributed by atoms with Crippen molar-refractivity contribution >= 4 is 12.0 Å². The smallest absolute Gasteiger partial charge is 0.254 e. The minimum absolute atomic E-state index is 0.00169. The van der Waals surface area contributed by atoms with Gasteiger partial charge in [-0.2, -0.15) is 5.26 Å². The van der Waals surface area contributed by atoms with Crippen molar-refractivity contribution in [3.63, 3.8) is 0 Å². The molecule has 0 radical (unpaired) electrons. The molecule has 1 saturated heterocycles. The van der Waals surface area contributed by atoms with Crippen molar-refractivity contribution in [1.82, 2.24) is 9.80 Å². The molecule has 0 aromatic heterocycles. The molecule has 6 heteroatoms. The number of piperidine rings is 1. The lowest BCUT2D eigenvalue weighted by atomic mass is 9.96. The number of carbonyl (C=O) groups is 2. The summed E-state index contributed by atoms with van der Waals surface area (Å²) < 4.78 is 0. The lowest BCUT2D eigenvalue weighted by Gasteiger charge is -2.35. The first kappa shape index (κ1) is 14.4. The van der Waals surface area contributed by atoms with Gasteiger partial charge in [0.15, 0.2) is 0 Å². The van der Waals surface area contributed by atoms with Crippen LogP contribution in [0.4, 0.5) is 4.79 Å². The van der Waals surface area contributed by atoms with Crippen LogP contribution >= 0.6 is 0 Å². The maximum atomic E-state index is 12.4. The zero-order valence-corrected chi connectivity index (χ0v) is 12.1. The molecule has 0 N–H and O–H groups in total. The van der Waals surface area contributed by atoms with Gasteiger partial charge < -0.3 is 19.7 Å². The van der Waals surface area contributed by atoms with Crippen molar-refractivity contribution in [2.24, 2.45) is 5.92 Å². The molecule has 1 aromatic carbocycles. The number of hydrogen-bond acceptors (Lipinski definition) is 4. The van der Waals surface area contributed by atoms with Gasteiger partial charge >= 0.3 is 0 Å². The molecule has 1 fully saturated rings. The fraction of sp³-hybridized carbons (Fsp3) is 0.438. The van der Waals surface area contributed by atoms with Crippen LogP contribution in [0.1, 0.15) is 34.3 Å². The van der Waals surface area contributed by atoms with Gasteiger partial charge in [-0.25, -0.2) is 0 Å². The summed E-state index contributed by atoms with van der Waals surface area (Å²) in [5.74, 6) is 0.311. The molecule has 0 aliphatic carbocycles. The van der Waals surface area contributed by atoms with E-state index < -0.39 is 6.09 Å². The van der Waals surface area contributed by atoms with Crippen LogP contribution in [0.5, 0.6) is 0 Å². The fourth-order valence-corrected chi connectivity index (χ4v) is 3.21. The second kappa shape index (κ2) is 5.68. The zero-order valence-electron chi connectivity index (χ0n) is 12.1. The Balaban J connectivity index is 1.63. The van der Waals surface area contributed by atoms with Crippen molar-refractivity contribution in [1.29, 1.82) is 5.26 Å². The van der Waals surface area contributed by atoms with Gasteiger partial charge in [0.2, 0.25) is 0 Å². The molecule has 0 bridgehead atoms. The number of amides is 2. The topological polar surface area (TPSA) is 87.5 Å². The standard InChI is InChI=1S/C16H17N3O3/c17-8-12-1-2-14-13(7-12)10-19(15(14)20)9-11-3-5-18(6-4-11)16(21)22/h1-2,7,11H,3-6,9-10H2,(H,21,22)/p-1. The quantitative estimate of drug-likeness (QED) is 0.798. The largest absolute Gasteiger partial charge is 0.530 e. The molecule has 0 unspecified atom stereocenters. The van der Waals surface area contributed by atoms with E-state index in [1.54, 1.807) is 23.1 Å². The predicted octanol–water partition coefficient (Wildman–Crippen LogP) is 0.569. The third-order valence-electron chi connectivity index (χ3n) is 4.46. The highest BCUT2D eigenvalue weighted by molar-refractivity contribution is 5.98. The number of fused-ring (bicyclic) bond motifs is 1. The van der Waals surface area contributed by atoms with Crippen LogP contribution in [-0.2, 0) is 6.54 Å².